The van der Waals surface area contributed by atoms with E-state index in [1.807, 2.05) is 48.5 Å². The van der Waals surface area contributed by atoms with Crippen molar-refractivity contribution in [1.82, 2.24) is 5.01 Å². The Morgan fingerprint density at radius 2 is 1.32 bits per heavy atom. The van der Waals surface area contributed by atoms with Gasteiger partial charge in [0.2, 0.25) is 0 Å². The maximum Gasteiger partial charge on any atom is 0.275 e. The van der Waals surface area contributed by atoms with Crippen LogP contribution in [0.3, 0.4) is 0 Å². The topological polar surface area (TPSA) is 136 Å². The van der Waals surface area contributed by atoms with E-state index in [-0.39, 0.29) is 17.3 Å². The summed E-state index contributed by atoms with van der Waals surface area (Å²) in [5.41, 5.74) is 4.72. The van der Waals surface area contributed by atoms with Gasteiger partial charge >= 0.3 is 0 Å². The number of benzene rings is 5. The van der Waals surface area contributed by atoms with Crippen LogP contribution in [0.15, 0.2) is 118 Å². The van der Waals surface area contributed by atoms with Gasteiger partial charge in [-0.1, -0.05) is 30.3 Å². The number of nitro benzene ring substituents is 1. The SMILES string of the molecule is CCN(CC)c1ccc2c(c1)Oc1cc(N(CC)CC)ccc1C21c2ccccc2C(=O)N1/N=C/c1cc(N=Nc2ccc([N+](=O)[O-])cc2)ccc1O. The summed E-state index contributed by atoms with van der Waals surface area (Å²) in [5, 5.41) is 36.8. The van der Waals surface area contributed by atoms with Gasteiger partial charge in [-0.05, 0) is 76.2 Å². The fraction of sp³-hybridized carbons (Fsp3) is 0.220. The monoisotopic (exact) mass is 709 g/mol. The van der Waals surface area contributed by atoms with Crippen molar-refractivity contribution < 1.29 is 19.6 Å². The van der Waals surface area contributed by atoms with Crippen molar-refractivity contribution in [3.63, 3.8) is 0 Å². The molecule has 5 aromatic rings. The van der Waals surface area contributed by atoms with Gasteiger partial charge in [-0.3, -0.25) is 14.9 Å². The molecule has 53 heavy (non-hydrogen) atoms. The predicted molar refractivity (Wildman–Crippen MR) is 206 cm³/mol. The second-order valence-corrected chi connectivity index (χ2v) is 12.6. The fourth-order valence-electron chi connectivity index (χ4n) is 7.23. The maximum absolute atomic E-state index is 14.5. The Bertz CT molecular complexity index is 2200. The van der Waals surface area contributed by atoms with Crippen LogP contribution in [0.2, 0.25) is 0 Å². The highest BCUT2D eigenvalue weighted by Gasteiger charge is 2.57. The molecule has 0 fully saturated rings. The van der Waals surface area contributed by atoms with Gasteiger partial charge in [-0.25, -0.2) is 5.01 Å². The van der Waals surface area contributed by atoms with E-state index >= 15 is 0 Å². The number of hydrogen-bond acceptors (Lipinski definition) is 10. The van der Waals surface area contributed by atoms with E-state index in [0.717, 1.165) is 54.2 Å². The second-order valence-electron chi connectivity index (χ2n) is 12.6. The first-order chi connectivity index (χ1) is 25.7. The quantitative estimate of drug-likeness (QED) is 0.0625. The third-order valence-electron chi connectivity index (χ3n) is 9.91. The third kappa shape index (κ3) is 6.01. The van der Waals surface area contributed by atoms with Gasteiger partial charge in [-0.15, -0.1) is 0 Å². The summed E-state index contributed by atoms with van der Waals surface area (Å²) < 4.78 is 6.76. The van der Waals surface area contributed by atoms with Crippen molar-refractivity contribution in [2.75, 3.05) is 36.0 Å². The second kappa shape index (κ2) is 14.2. The molecule has 0 aliphatic carbocycles. The lowest BCUT2D eigenvalue weighted by molar-refractivity contribution is -0.384. The van der Waals surface area contributed by atoms with Crippen LogP contribution in [-0.2, 0) is 5.54 Å². The Kier molecular flexibility index (Phi) is 9.36. The molecule has 0 bridgehead atoms. The zero-order valence-corrected chi connectivity index (χ0v) is 29.9. The van der Waals surface area contributed by atoms with Crippen LogP contribution in [0.25, 0.3) is 0 Å². The molecule has 12 nitrogen and oxygen atoms in total. The highest BCUT2D eigenvalue weighted by Crippen LogP contribution is 2.58. The summed E-state index contributed by atoms with van der Waals surface area (Å²) in [7, 11) is 0. The molecule has 5 aromatic carbocycles. The Labute approximate surface area is 307 Å². The molecule has 2 heterocycles. The van der Waals surface area contributed by atoms with Gasteiger partial charge in [0.05, 0.1) is 22.5 Å². The highest BCUT2D eigenvalue weighted by atomic mass is 16.6. The molecule has 1 spiro atoms. The first kappa shape index (κ1) is 34.9. The van der Waals surface area contributed by atoms with Crippen molar-refractivity contribution in [3.8, 4) is 17.2 Å². The molecule has 0 saturated heterocycles. The Hall–Kier alpha value is -6.56. The van der Waals surface area contributed by atoms with Crippen LogP contribution in [-0.4, -0.2) is 53.3 Å². The summed E-state index contributed by atoms with van der Waals surface area (Å²) in [6, 6.07) is 30.2. The number of nitro groups is 1. The van der Waals surface area contributed by atoms with Crippen molar-refractivity contribution in [2.45, 2.75) is 33.2 Å². The minimum atomic E-state index is -1.19. The van der Waals surface area contributed by atoms with Gasteiger partial charge in [0.1, 0.15) is 22.8 Å². The molecule has 0 saturated carbocycles. The van der Waals surface area contributed by atoms with Crippen molar-refractivity contribution >= 4 is 40.6 Å². The molecule has 2 aliphatic rings. The van der Waals surface area contributed by atoms with Gasteiger partial charge < -0.3 is 19.6 Å². The molecule has 12 heteroatoms. The average Bonchev–Trinajstić information content (AvgIpc) is 3.42. The number of fused-ring (bicyclic) bond motifs is 6. The first-order valence-corrected chi connectivity index (χ1v) is 17.7. The van der Waals surface area contributed by atoms with Crippen LogP contribution in [0, 0.1) is 10.1 Å². The number of hydrazone groups is 1. The summed E-state index contributed by atoms with van der Waals surface area (Å²) in [6.07, 6.45) is 1.45. The van der Waals surface area contributed by atoms with Crippen LogP contribution in [0.5, 0.6) is 17.2 Å². The zero-order valence-electron chi connectivity index (χ0n) is 29.9. The van der Waals surface area contributed by atoms with Crippen LogP contribution in [0.1, 0.15) is 60.3 Å². The summed E-state index contributed by atoms with van der Waals surface area (Å²) in [4.78, 5) is 29.6. The molecular formula is C41H39N7O5. The number of phenols is 1. The number of azo groups is 1. The first-order valence-electron chi connectivity index (χ1n) is 17.7. The number of anilines is 2. The minimum absolute atomic E-state index is 0.0492. The van der Waals surface area contributed by atoms with E-state index in [0.29, 0.717) is 34.0 Å². The van der Waals surface area contributed by atoms with Crippen molar-refractivity contribution in [3.05, 3.63) is 141 Å². The van der Waals surface area contributed by atoms with Gasteiger partial charge in [0, 0.05) is 89.6 Å². The number of hydrogen-bond donors (Lipinski definition) is 1. The van der Waals surface area contributed by atoms with E-state index in [1.165, 1.54) is 41.6 Å². The number of amides is 1. The molecule has 7 rings (SSSR count). The third-order valence-corrected chi connectivity index (χ3v) is 9.91. The number of carbonyl (C=O) groups excluding carboxylic acids is 1. The molecule has 0 radical (unpaired) electrons. The lowest BCUT2D eigenvalue weighted by Gasteiger charge is -2.42. The van der Waals surface area contributed by atoms with Crippen LogP contribution in [0.4, 0.5) is 28.4 Å². The Morgan fingerprint density at radius 1 is 0.755 bits per heavy atom. The number of carbonyl (C=O) groups is 1. The van der Waals surface area contributed by atoms with Gasteiger partial charge in [0.15, 0.2) is 0 Å². The highest BCUT2D eigenvalue weighted by molar-refractivity contribution is 6.03. The van der Waals surface area contributed by atoms with E-state index in [9.17, 15) is 20.0 Å². The predicted octanol–water partition coefficient (Wildman–Crippen LogP) is 9.30. The number of phenolic OH excluding ortho intramolecular Hbond substituents is 1. The molecule has 0 aromatic heterocycles. The normalized spacial score (nSPS) is 14.0. The van der Waals surface area contributed by atoms with Crippen molar-refractivity contribution in [2.24, 2.45) is 15.3 Å². The van der Waals surface area contributed by atoms with E-state index < -0.39 is 10.5 Å². The smallest absolute Gasteiger partial charge is 0.275 e. The van der Waals surface area contributed by atoms with Crippen molar-refractivity contribution in [1.29, 1.82) is 0 Å². The summed E-state index contributed by atoms with van der Waals surface area (Å²) in [5.74, 6) is 0.881. The van der Waals surface area contributed by atoms with Gasteiger partial charge in [0.25, 0.3) is 11.6 Å². The van der Waals surface area contributed by atoms with E-state index in [4.69, 9.17) is 9.84 Å². The maximum atomic E-state index is 14.5. The summed E-state index contributed by atoms with van der Waals surface area (Å²) in [6.45, 7) is 11.7. The number of nitrogens with zero attached hydrogens (tertiary/aromatic N) is 7. The molecule has 1 amide bonds. The number of non-ortho nitro benzene ring substituents is 1. The van der Waals surface area contributed by atoms with E-state index in [1.54, 1.807) is 12.1 Å². The largest absolute Gasteiger partial charge is 0.507 e. The lowest BCUT2D eigenvalue weighted by Crippen LogP contribution is -2.44. The Morgan fingerprint density at radius 3 is 1.91 bits per heavy atom. The molecule has 268 valence electrons. The Balaban J connectivity index is 1.37. The zero-order chi connectivity index (χ0) is 37.3. The van der Waals surface area contributed by atoms with Crippen LogP contribution >= 0.6 is 0 Å². The average molecular weight is 710 g/mol. The summed E-state index contributed by atoms with van der Waals surface area (Å²) >= 11 is 0. The molecule has 1 N–H and O–H groups in total. The standard InChI is InChI=1S/C41H39N7O5/c1-5-45(6-2)31-18-20-35-38(24-31)53-39-25-32(46(7-3)8-4)19-21-36(39)41(35)34-12-10-9-11-33(34)40(50)47(41)42-26-27-23-29(15-22-37(27)49)44-43-28-13-16-30(17-14-28)48(51)52/h9-26,49H,5-8H2,1-4H3/b42-26+,44-43?. The number of rotatable bonds is 11. The molecule has 0 unspecified atom stereocenters. The fourth-order valence-corrected chi connectivity index (χ4v) is 7.23. The minimum Gasteiger partial charge on any atom is -0.507 e. The molecule has 2 aliphatic heterocycles. The van der Waals surface area contributed by atoms with Crippen LogP contribution < -0.4 is 14.5 Å². The molecule has 0 atom stereocenters. The lowest BCUT2D eigenvalue weighted by atomic mass is 9.75. The molecular weight excluding hydrogens is 670 g/mol. The number of aromatic hydroxyl groups is 1. The number of ether oxygens (including phenoxy) is 1. The van der Waals surface area contributed by atoms with Gasteiger partial charge in [-0.2, -0.15) is 15.3 Å². The van der Waals surface area contributed by atoms with E-state index in [2.05, 4.69) is 59.9 Å².